The van der Waals surface area contributed by atoms with E-state index in [9.17, 15) is 45.0 Å². The molecule has 0 bridgehead atoms. The van der Waals surface area contributed by atoms with Gasteiger partial charge < -0.3 is 44.6 Å². The van der Waals surface area contributed by atoms with E-state index in [-0.39, 0.29) is 135 Å². The van der Waals surface area contributed by atoms with Crippen molar-refractivity contribution in [1.29, 1.82) is 0 Å². The number of phenols is 2. The van der Waals surface area contributed by atoms with Crippen molar-refractivity contribution in [3.05, 3.63) is 123 Å². The van der Waals surface area contributed by atoms with Crippen LogP contribution in [0.5, 0.6) is 17.2 Å². The van der Waals surface area contributed by atoms with E-state index >= 15 is 0 Å². The topological polar surface area (TPSA) is 201 Å². The second kappa shape index (κ2) is 15.6. The first-order valence-corrected chi connectivity index (χ1v) is 17.9. The van der Waals surface area contributed by atoms with Gasteiger partial charge in [0.25, 0.3) is 0 Å². The van der Waals surface area contributed by atoms with Crippen LogP contribution in [0.2, 0.25) is 0 Å². The summed E-state index contributed by atoms with van der Waals surface area (Å²) in [5, 5.41) is 64.7. The van der Waals surface area contributed by atoms with Gasteiger partial charge in [0.2, 0.25) is 17.0 Å². The van der Waals surface area contributed by atoms with Crippen LogP contribution < -0.4 is 74.8 Å². The molecular formula is C36H18Br4Na2O11. The molecule has 0 radical (unpaired) electrons. The zero-order valence-electron chi connectivity index (χ0n) is 27.3. The van der Waals surface area contributed by atoms with E-state index in [4.69, 9.17) is 9.15 Å². The predicted octanol–water partition coefficient (Wildman–Crippen LogP) is 0.137. The number of carbonyl (C=O) groups is 2. The number of halogens is 4. The van der Waals surface area contributed by atoms with Gasteiger partial charge in [-0.2, -0.15) is 0 Å². The Kier molecular flexibility index (Phi) is 12.3. The maximum atomic E-state index is 12.4. The van der Waals surface area contributed by atoms with Crippen molar-refractivity contribution in [2.75, 3.05) is 6.61 Å². The van der Waals surface area contributed by atoms with Crippen molar-refractivity contribution in [1.82, 2.24) is 0 Å². The fourth-order valence-corrected chi connectivity index (χ4v) is 8.82. The summed E-state index contributed by atoms with van der Waals surface area (Å²) in [6.45, 7) is -0.122. The van der Waals surface area contributed by atoms with Gasteiger partial charge in [-0.3, -0.25) is 9.59 Å². The van der Waals surface area contributed by atoms with Gasteiger partial charge in [-0.05, 0) is 101 Å². The molecular weight excluding hydrogens is 974 g/mol. The quantitative estimate of drug-likeness (QED) is 0.107. The zero-order valence-corrected chi connectivity index (χ0v) is 37.7. The van der Waals surface area contributed by atoms with E-state index < -0.39 is 23.1 Å². The normalized spacial score (nSPS) is 16.9. The molecule has 8 rings (SSSR count). The molecule has 17 heteroatoms. The molecule has 2 aliphatic heterocycles. The number of aromatic carboxylic acids is 1. The van der Waals surface area contributed by atoms with Crippen molar-refractivity contribution in [2.45, 2.75) is 12.0 Å². The number of fused-ring (bicyclic) bond motifs is 6. The van der Waals surface area contributed by atoms with Gasteiger partial charge in [0.15, 0.2) is 23.0 Å². The van der Waals surface area contributed by atoms with Gasteiger partial charge in [-0.15, -0.1) is 0 Å². The number of hydrogen-bond donors (Lipinski definition) is 4. The minimum atomic E-state index is -1.35. The van der Waals surface area contributed by atoms with E-state index in [2.05, 4.69) is 63.7 Å². The number of hydrogen-bond acceptors (Lipinski definition) is 11. The Labute approximate surface area is 377 Å². The van der Waals surface area contributed by atoms with Crippen molar-refractivity contribution >= 4 is 92.0 Å². The van der Waals surface area contributed by atoms with Crippen molar-refractivity contribution < 1.29 is 108 Å². The molecule has 5 aliphatic rings. The largest absolute Gasteiger partial charge is 1.00 e. The molecule has 3 aromatic rings. The second-order valence-corrected chi connectivity index (χ2v) is 15.0. The van der Waals surface area contributed by atoms with Crippen LogP contribution in [0.3, 0.4) is 0 Å². The Hall–Kier alpha value is -2.41. The SMILES string of the molecule is O=C([O-])c1ccccc1-c1c2cc(Br)c(=O)c(Br)c-2oc2c(Br)c([O-])c(Br)cc12.O=C1C=CC2=C3c4cc(O)c(O)cc4CC3(O)COC2=C1O.[Na+].[Na+]. The zero-order chi connectivity index (χ0) is 36.7. The molecule has 0 aromatic heterocycles. The number of aliphatic hydroxyl groups excluding tert-OH is 1. The first-order valence-electron chi connectivity index (χ1n) is 14.7. The summed E-state index contributed by atoms with van der Waals surface area (Å²) in [6, 6.07) is 12.3. The molecule has 0 amide bonds. The number of rotatable bonds is 2. The monoisotopic (exact) mass is 988 g/mol. The van der Waals surface area contributed by atoms with Crippen LogP contribution in [-0.4, -0.2) is 44.4 Å². The molecule has 258 valence electrons. The first-order chi connectivity index (χ1) is 24.1. The second-order valence-electron chi connectivity index (χ2n) is 11.7. The molecule has 2 heterocycles. The molecule has 0 fully saturated rings. The maximum Gasteiger partial charge on any atom is 1.00 e. The molecule has 3 aliphatic carbocycles. The van der Waals surface area contributed by atoms with Crippen molar-refractivity contribution in [3.8, 4) is 39.7 Å². The Bertz CT molecular complexity index is 2540. The number of aliphatic hydroxyl groups is 2. The number of carboxylic acids is 1. The molecule has 0 saturated heterocycles. The number of phenolic OH excluding ortho intramolecular Hbond substituents is 2. The van der Waals surface area contributed by atoms with Crippen LogP contribution in [0.4, 0.5) is 0 Å². The van der Waals surface area contributed by atoms with Crippen molar-refractivity contribution in [3.63, 3.8) is 0 Å². The number of ketones is 1. The van der Waals surface area contributed by atoms with Gasteiger partial charge in [0.1, 0.15) is 22.3 Å². The molecule has 11 nitrogen and oxygen atoms in total. The third kappa shape index (κ3) is 7.01. The van der Waals surface area contributed by atoms with E-state index in [0.29, 0.717) is 44.3 Å². The molecule has 53 heavy (non-hydrogen) atoms. The Morgan fingerprint density at radius 1 is 0.849 bits per heavy atom. The average molecular weight is 992 g/mol. The number of allylic oxidation sites excluding steroid dienone is 2. The minimum Gasteiger partial charge on any atom is -0.871 e. The van der Waals surface area contributed by atoms with Gasteiger partial charge in [0, 0.05) is 44.1 Å². The molecule has 1 unspecified atom stereocenters. The number of ether oxygens (including phenoxy) is 1. The van der Waals surface area contributed by atoms with Gasteiger partial charge in [-0.25, -0.2) is 0 Å². The summed E-state index contributed by atoms with van der Waals surface area (Å²) >= 11 is 13.0. The summed E-state index contributed by atoms with van der Waals surface area (Å²) in [4.78, 5) is 35.7. The van der Waals surface area contributed by atoms with Crippen LogP contribution in [0.15, 0.2) is 105 Å². The molecule has 4 N–H and O–H groups in total. The average Bonchev–Trinajstić information content (AvgIpc) is 3.38. The summed E-state index contributed by atoms with van der Waals surface area (Å²) in [5.74, 6) is -3.08. The molecule has 1 atom stereocenters. The van der Waals surface area contributed by atoms with Crippen LogP contribution in [0.1, 0.15) is 21.5 Å². The number of benzene rings is 4. The fraction of sp³-hybridized carbons (Fsp3) is 0.0833. The Balaban J connectivity index is 0.000000203. The summed E-state index contributed by atoms with van der Waals surface area (Å²) in [5.41, 5.74) is 1.97. The first kappa shape index (κ1) is 41.7. The molecule has 3 aromatic carbocycles. The van der Waals surface area contributed by atoms with Gasteiger partial charge in [0.05, 0.1) is 14.9 Å². The van der Waals surface area contributed by atoms with Crippen LogP contribution >= 0.6 is 63.7 Å². The number of carboxylic acid groups (broad SMARTS) is 1. The maximum absolute atomic E-state index is 12.4. The van der Waals surface area contributed by atoms with Crippen LogP contribution in [0, 0.1) is 0 Å². The van der Waals surface area contributed by atoms with E-state index in [0.717, 1.165) is 0 Å². The summed E-state index contributed by atoms with van der Waals surface area (Å²) in [6.07, 6.45) is 2.90. The Morgan fingerprint density at radius 2 is 1.53 bits per heavy atom. The van der Waals surface area contributed by atoms with E-state index in [1.165, 1.54) is 30.4 Å². The van der Waals surface area contributed by atoms with Crippen LogP contribution in [0.25, 0.3) is 39.0 Å². The Morgan fingerprint density at radius 3 is 2.23 bits per heavy atom. The van der Waals surface area contributed by atoms with Crippen molar-refractivity contribution in [2.24, 2.45) is 0 Å². The standard InChI is InChI=1S/C20H8Br4O5.C16H12O6.2Na/c21-11-5-9-13(7-3-1-2-4-8(7)20(27)28)10-6-12(22)17(26)15(24)19(10)29-18(9)14(23)16(11)25;17-10-2-1-8-13-9-4-12(19)11(18)3-7(9)5-16(13,21)6-22-15(8)14(10)20;;/h1-6,25H,(H,27,28);1-4,18-21H,5-6H2;;/q;;2*+1/p-2. The summed E-state index contributed by atoms with van der Waals surface area (Å²) < 4.78 is 12.2. The minimum absolute atomic E-state index is 0. The third-order valence-corrected chi connectivity index (χ3v) is 11.3. The summed E-state index contributed by atoms with van der Waals surface area (Å²) in [7, 11) is 0. The molecule has 0 saturated carbocycles. The van der Waals surface area contributed by atoms with Crippen LogP contribution in [-0.2, 0) is 16.0 Å². The fourth-order valence-electron chi connectivity index (χ4n) is 6.42. The third-order valence-electron chi connectivity index (χ3n) is 8.66. The number of carbonyl (C=O) groups excluding carboxylic acids is 2. The molecule has 0 spiro atoms. The number of aromatic hydroxyl groups is 2. The van der Waals surface area contributed by atoms with E-state index in [1.807, 2.05) is 0 Å². The smallest absolute Gasteiger partial charge is 0.871 e. The van der Waals surface area contributed by atoms with E-state index in [1.54, 1.807) is 30.3 Å². The predicted molar refractivity (Wildman–Crippen MR) is 194 cm³/mol. The van der Waals surface area contributed by atoms with Gasteiger partial charge >= 0.3 is 59.1 Å². The van der Waals surface area contributed by atoms with Gasteiger partial charge in [-0.1, -0.05) is 45.9 Å².